The maximum atomic E-state index is 9.11. The van der Waals surface area contributed by atoms with Crippen LogP contribution in [-0.2, 0) is 0 Å². The molecule has 0 spiro atoms. The molecule has 2 heteroatoms. The van der Waals surface area contributed by atoms with Crippen LogP contribution in [0, 0.1) is 5.92 Å². The van der Waals surface area contributed by atoms with Gasteiger partial charge in [0, 0.05) is 12.1 Å². The molecule has 0 aliphatic heterocycles. The van der Waals surface area contributed by atoms with Gasteiger partial charge in [0.2, 0.25) is 0 Å². The predicted molar refractivity (Wildman–Crippen MR) is 55.7 cm³/mol. The van der Waals surface area contributed by atoms with E-state index in [0.29, 0.717) is 12.1 Å². The summed E-state index contributed by atoms with van der Waals surface area (Å²) in [5.74, 6) is 0.802. The minimum atomic E-state index is -0.0326. The van der Waals surface area contributed by atoms with E-state index in [4.69, 9.17) is 5.11 Å². The van der Waals surface area contributed by atoms with E-state index in [-0.39, 0.29) is 6.10 Å². The Kier molecular flexibility index (Phi) is 4.20. The summed E-state index contributed by atoms with van der Waals surface area (Å²) in [7, 11) is 0. The molecule has 2 nitrogen and oxygen atoms in total. The summed E-state index contributed by atoms with van der Waals surface area (Å²) in [4.78, 5) is 0. The van der Waals surface area contributed by atoms with Gasteiger partial charge >= 0.3 is 0 Å². The van der Waals surface area contributed by atoms with Crippen LogP contribution < -0.4 is 5.32 Å². The molecule has 0 bridgehead atoms. The fourth-order valence-corrected chi connectivity index (χ4v) is 1.79. The minimum Gasteiger partial charge on any atom is -0.393 e. The molecule has 0 heterocycles. The van der Waals surface area contributed by atoms with Crippen molar-refractivity contribution in [2.75, 3.05) is 0 Å². The molecular weight excluding hydrogens is 162 g/mol. The minimum absolute atomic E-state index is 0.0326. The molecule has 0 radical (unpaired) electrons. The molecule has 78 valence electrons. The van der Waals surface area contributed by atoms with Crippen molar-refractivity contribution < 1.29 is 5.11 Å². The zero-order valence-electron chi connectivity index (χ0n) is 9.09. The SMILES string of the molecule is CC(C)CCC(C)NC1CC(O)C1. The first-order valence-corrected chi connectivity index (χ1v) is 5.52. The number of rotatable bonds is 5. The quantitative estimate of drug-likeness (QED) is 0.686. The largest absolute Gasteiger partial charge is 0.393 e. The zero-order valence-corrected chi connectivity index (χ0v) is 9.09. The van der Waals surface area contributed by atoms with Crippen LogP contribution in [0.25, 0.3) is 0 Å². The number of aliphatic hydroxyl groups excluding tert-OH is 1. The van der Waals surface area contributed by atoms with Crippen LogP contribution >= 0.6 is 0 Å². The van der Waals surface area contributed by atoms with Gasteiger partial charge in [0.25, 0.3) is 0 Å². The fourth-order valence-electron chi connectivity index (χ4n) is 1.79. The van der Waals surface area contributed by atoms with E-state index >= 15 is 0 Å². The van der Waals surface area contributed by atoms with Gasteiger partial charge in [-0.3, -0.25) is 0 Å². The Morgan fingerprint density at radius 1 is 1.23 bits per heavy atom. The van der Waals surface area contributed by atoms with Crippen LogP contribution in [0.4, 0.5) is 0 Å². The Morgan fingerprint density at radius 2 is 1.85 bits per heavy atom. The topological polar surface area (TPSA) is 32.3 Å². The first kappa shape index (κ1) is 11.0. The molecule has 1 atom stereocenters. The molecular formula is C11H23NO. The van der Waals surface area contributed by atoms with E-state index in [1.807, 2.05) is 0 Å². The lowest BCUT2D eigenvalue weighted by atomic mass is 9.88. The number of hydrogen-bond acceptors (Lipinski definition) is 2. The highest BCUT2D eigenvalue weighted by atomic mass is 16.3. The van der Waals surface area contributed by atoms with Crippen molar-refractivity contribution in [3.63, 3.8) is 0 Å². The summed E-state index contributed by atoms with van der Waals surface area (Å²) >= 11 is 0. The number of nitrogens with one attached hydrogen (secondary N) is 1. The molecule has 0 aromatic carbocycles. The van der Waals surface area contributed by atoms with Crippen molar-refractivity contribution >= 4 is 0 Å². The van der Waals surface area contributed by atoms with Gasteiger partial charge < -0.3 is 10.4 Å². The molecule has 0 amide bonds. The van der Waals surface area contributed by atoms with Gasteiger partial charge in [-0.2, -0.15) is 0 Å². The van der Waals surface area contributed by atoms with Crippen LogP contribution in [0.3, 0.4) is 0 Å². The molecule has 13 heavy (non-hydrogen) atoms. The van der Waals surface area contributed by atoms with Crippen LogP contribution in [-0.4, -0.2) is 23.3 Å². The van der Waals surface area contributed by atoms with Crippen LogP contribution in [0.5, 0.6) is 0 Å². The van der Waals surface area contributed by atoms with Crippen molar-refractivity contribution in [3.05, 3.63) is 0 Å². The van der Waals surface area contributed by atoms with Crippen LogP contribution in [0.1, 0.15) is 46.5 Å². The van der Waals surface area contributed by atoms with Gasteiger partial charge in [0.1, 0.15) is 0 Å². The highest BCUT2D eigenvalue weighted by Gasteiger charge is 2.27. The lowest BCUT2D eigenvalue weighted by Crippen LogP contribution is -2.47. The fraction of sp³-hybridized carbons (Fsp3) is 1.00. The molecule has 0 saturated heterocycles. The Morgan fingerprint density at radius 3 is 2.31 bits per heavy atom. The first-order chi connectivity index (χ1) is 6.08. The summed E-state index contributed by atoms with van der Waals surface area (Å²) in [5, 5.41) is 12.7. The summed E-state index contributed by atoms with van der Waals surface area (Å²) < 4.78 is 0. The molecule has 0 aromatic rings. The zero-order chi connectivity index (χ0) is 9.84. The van der Waals surface area contributed by atoms with Gasteiger partial charge in [-0.25, -0.2) is 0 Å². The summed E-state index contributed by atoms with van der Waals surface area (Å²) in [5.41, 5.74) is 0. The van der Waals surface area contributed by atoms with Crippen molar-refractivity contribution in [3.8, 4) is 0 Å². The van der Waals surface area contributed by atoms with Gasteiger partial charge in [-0.05, 0) is 38.5 Å². The summed E-state index contributed by atoms with van der Waals surface area (Å²) in [6, 6.07) is 1.19. The Bertz CT molecular complexity index is 141. The predicted octanol–water partition coefficient (Wildman–Crippen LogP) is 1.92. The second-order valence-corrected chi connectivity index (χ2v) is 4.86. The maximum Gasteiger partial charge on any atom is 0.0570 e. The van der Waals surface area contributed by atoms with E-state index in [0.717, 1.165) is 18.8 Å². The maximum absolute atomic E-state index is 9.11. The Hall–Kier alpha value is -0.0800. The van der Waals surface area contributed by atoms with Crippen LogP contribution in [0.2, 0.25) is 0 Å². The smallest absolute Gasteiger partial charge is 0.0570 e. The Labute approximate surface area is 81.7 Å². The normalized spacial score (nSPS) is 30.2. The molecule has 1 aliphatic carbocycles. The van der Waals surface area contributed by atoms with Crippen molar-refractivity contribution in [1.29, 1.82) is 0 Å². The second kappa shape index (κ2) is 4.97. The third-order valence-corrected chi connectivity index (χ3v) is 2.81. The molecule has 1 rings (SSSR count). The highest BCUT2D eigenvalue weighted by molar-refractivity contribution is 4.86. The Balaban J connectivity index is 2.01. The van der Waals surface area contributed by atoms with E-state index in [1.54, 1.807) is 0 Å². The van der Waals surface area contributed by atoms with Gasteiger partial charge in [0.05, 0.1) is 6.10 Å². The van der Waals surface area contributed by atoms with E-state index < -0.39 is 0 Å². The van der Waals surface area contributed by atoms with Crippen LogP contribution in [0.15, 0.2) is 0 Å². The standard InChI is InChI=1S/C11H23NO/c1-8(2)4-5-9(3)12-10-6-11(13)7-10/h8-13H,4-7H2,1-3H3. The van der Waals surface area contributed by atoms with E-state index in [1.165, 1.54) is 12.8 Å². The first-order valence-electron chi connectivity index (χ1n) is 5.52. The molecule has 0 aromatic heterocycles. The molecule has 2 N–H and O–H groups in total. The summed E-state index contributed by atoms with van der Waals surface area (Å²) in [6.45, 7) is 6.77. The van der Waals surface area contributed by atoms with Gasteiger partial charge in [-0.15, -0.1) is 0 Å². The number of aliphatic hydroxyl groups is 1. The lowest BCUT2D eigenvalue weighted by molar-refractivity contribution is 0.0579. The lowest BCUT2D eigenvalue weighted by Gasteiger charge is -2.34. The molecule has 1 unspecified atom stereocenters. The molecule has 1 saturated carbocycles. The van der Waals surface area contributed by atoms with Crippen molar-refractivity contribution in [2.45, 2.75) is 64.6 Å². The average molecular weight is 185 g/mol. The van der Waals surface area contributed by atoms with Gasteiger partial charge in [-0.1, -0.05) is 13.8 Å². The van der Waals surface area contributed by atoms with Crippen molar-refractivity contribution in [1.82, 2.24) is 5.32 Å². The molecule has 1 fully saturated rings. The monoisotopic (exact) mass is 185 g/mol. The number of hydrogen-bond donors (Lipinski definition) is 2. The average Bonchev–Trinajstić information content (AvgIpc) is 1.98. The van der Waals surface area contributed by atoms with Gasteiger partial charge in [0.15, 0.2) is 0 Å². The third-order valence-electron chi connectivity index (χ3n) is 2.81. The molecule has 1 aliphatic rings. The third kappa shape index (κ3) is 4.10. The highest BCUT2D eigenvalue weighted by Crippen LogP contribution is 2.20. The van der Waals surface area contributed by atoms with Crippen molar-refractivity contribution in [2.24, 2.45) is 5.92 Å². The van der Waals surface area contributed by atoms with E-state index in [9.17, 15) is 0 Å². The summed E-state index contributed by atoms with van der Waals surface area (Å²) in [6.07, 6.45) is 4.42. The second-order valence-electron chi connectivity index (χ2n) is 4.86. The van der Waals surface area contributed by atoms with E-state index in [2.05, 4.69) is 26.1 Å².